The number of esters is 2. The maximum Gasteiger partial charge on any atom is 0.339 e. The van der Waals surface area contributed by atoms with E-state index in [1.165, 1.54) is 6.26 Å². The predicted molar refractivity (Wildman–Crippen MR) is 97.9 cm³/mol. The smallest absolute Gasteiger partial charge is 0.339 e. The number of benzene rings is 1. The number of cyclic esters (lactones) is 1. The molecule has 6 nitrogen and oxygen atoms in total. The van der Waals surface area contributed by atoms with Crippen molar-refractivity contribution in [3.05, 3.63) is 44.5 Å². The quantitative estimate of drug-likeness (QED) is 0.652. The van der Waals surface area contributed by atoms with Gasteiger partial charge in [0, 0.05) is 20.3 Å². The van der Waals surface area contributed by atoms with Gasteiger partial charge in [-0.25, -0.2) is 4.79 Å². The fourth-order valence-corrected chi connectivity index (χ4v) is 5.47. The number of amides is 1. The molecule has 0 unspecified atom stereocenters. The number of hydrogen-bond donors (Lipinski definition) is 1. The van der Waals surface area contributed by atoms with Gasteiger partial charge in [-0.15, -0.1) is 0 Å². The Kier molecular flexibility index (Phi) is 4.04. The summed E-state index contributed by atoms with van der Waals surface area (Å²) in [5, 5.41) is 2.86. The Bertz CT molecular complexity index is 878. The van der Waals surface area contributed by atoms with E-state index in [9.17, 15) is 14.4 Å². The lowest BCUT2D eigenvalue weighted by Crippen LogP contribution is -2.45. The molecule has 136 valence electrons. The van der Waals surface area contributed by atoms with Crippen molar-refractivity contribution < 1.29 is 23.9 Å². The summed E-state index contributed by atoms with van der Waals surface area (Å²) < 4.78 is 12.3. The molecule has 4 rings (SSSR count). The van der Waals surface area contributed by atoms with Gasteiger partial charge >= 0.3 is 11.9 Å². The summed E-state index contributed by atoms with van der Waals surface area (Å²) in [6.07, 6.45) is 0.575. The van der Waals surface area contributed by atoms with Gasteiger partial charge in [-0.2, -0.15) is 0 Å². The van der Waals surface area contributed by atoms with Gasteiger partial charge in [0.15, 0.2) is 0 Å². The Labute approximate surface area is 166 Å². The van der Waals surface area contributed by atoms with Crippen molar-refractivity contribution in [3.63, 3.8) is 0 Å². The average Bonchev–Trinajstić information content (AvgIpc) is 2.98. The molecule has 4 atom stereocenters. The van der Waals surface area contributed by atoms with Crippen LogP contribution in [0.4, 0.5) is 0 Å². The molecule has 1 aromatic rings. The van der Waals surface area contributed by atoms with Crippen LogP contribution in [0.5, 0.6) is 0 Å². The molecule has 8 heteroatoms. The van der Waals surface area contributed by atoms with Crippen molar-refractivity contribution in [2.24, 2.45) is 17.3 Å². The van der Waals surface area contributed by atoms with Crippen molar-refractivity contribution in [3.8, 4) is 0 Å². The molecule has 2 heterocycles. The molecule has 1 N–H and O–H groups in total. The number of carbonyl (C=O) groups excluding carboxylic acids is 3. The normalized spacial score (nSPS) is 31.0. The molecule has 0 radical (unpaired) electrons. The Morgan fingerprint density at radius 3 is 2.69 bits per heavy atom. The van der Waals surface area contributed by atoms with Gasteiger partial charge in [-0.3, -0.25) is 9.59 Å². The molecule has 1 aliphatic carbocycles. The van der Waals surface area contributed by atoms with Crippen LogP contribution in [0.3, 0.4) is 0 Å². The van der Waals surface area contributed by atoms with Crippen molar-refractivity contribution in [1.82, 2.24) is 5.32 Å². The second-order valence-electron chi connectivity index (χ2n) is 7.28. The highest BCUT2D eigenvalue weighted by Crippen LogP contribution is 2.55. The molecule has 3 aliphatic rings. The van der Waals surface area contributed by atoms with Crippen molar-refractivity contribution in [2.75, 3.05) is 0 Å². The Morgan fingerprint density at radius 2 is 2.00 bits per heavy atom. The Balaban J connectivity index is 1.68. The number of hydrogen-bond acceptors (Lipinski definition) is 5. The van der Waals surface area contributed by atoms with Crippen molar-refractivity contribution in [1.29, 1.82) is 0 Å². The minimum atomic E-state index is -0.683. The van der Waals surface area contributed by atoms with E-state index in [1.807, 2.05) is 13.8 Å². The van der Waals surface area contributed by atoms with Gasteiger partial charge in [-0.1, -0.05) is 29.8 Å². The van der Waals surface area contributed by atoms with Gasteiger partial charge < -0.3 is 14.8 Å². The molecule has 0 bridgehead atoms. The molecule has 2 aliphatic heterocycles. The topological polar surface area (TPSA) is 81.7 Å². The highest BCUT2D eigenvalue weighted by Gasteiger charge is 2.66. The van der Waals surface area contributed by atoms with Crippen LogP contribution in [0.15, 0.2) is 39.0 Å². The number of ether oxygens (including phenoxy) is 2. The summed E-state index contributed by atoms with van der Waals surface area (Å²) in [6, 6.07) is 4.71. The van der Waals surface area contributed by atoms with E-state index in [4.69, 9.17) is 9.47 Å². The monoisotopic (exact) mass is 483 g/mol. The average molecular weight is 485 g/mol. The summed E-state index contributed by atoms with van der Waals surface area (Å²) in [6.45, 7) is 3.72. The van der Waals surface area contributed by atoms with E-state index >= 15 is 0 Å². The minimum absolute atomic E-state index is 0.279. The number of rotatable bonds is 2. The lowest BCUT2D eigenvalue weighted by molar-refractivity contribution is -0.150. The fraction of sp³-hybridized carbons (Fsp3) is 0.389. The van der Waals surface area contributed by atoms with E-state index in [0.717, 1.165) is 4.47 Å². The zero-order chi connectivity index (χ0) is 18.8. The SMILES string of the molecule is CC1(C)[C@@H](OC(=O)c2ccc(Br)cc2Br)[C@H]2NC(=O)C3=COC(=O)[C@H]1[C@@H]32. The first-order valence-corrected chi connectivity index (χ1v) is 9.68. The standard InChI is InChI=1S/C18H15Br2NO5/c1-18(2)12-11-9(6-25-17(12)24)15(22)21-13(11)14(18)26-16(23)8-4-3-7(19)5-10(8)20/h3-6,11-14H,1-2H3,(H,21,22)/t11-,12-,13+,14+/m1/s1. The number of nitrogens with one attached hydrogen (secondary N) is 1. The molecule has 1 saturated carbocycles. The predicted octanol–water partition coefficient (Wildman–Crippen LogP) is 2.95. The minimum Gasteiger partial charge on any atom is -0.456 e. The zero-order valence-corrected chi connectivity index (χ0v) is 17.1. The lowest BCUT2D eigenvalue weighted by atomic mass is 9.75. The molecule has 0 spiro atoms. The summed E-state index contributed by atoms with van der Waals surface area (Å²) in [5.74, 6) is -2.07. The van der Waals surface area contributed by atoms with Gasteiger partial charge in [0.2, 0.25) is 0 Å². The molecule has 1 amide bonds. The first kappa shape index (κ1) is 17.7. The number of carbonyl (C=O) groups is 3. The summed E-state index contributed by atoms with van der Waals surface area (Å²) in [4.78, 5) is 37.3. The molecular formula is C18H15Br2NO5. The molecule has 2 fully saturated rings. The van der Waals surface area contributed by atoms with E-state index < -0.39 is 35.4 Å². The molecule has 26 heavy (non-hydrogen) atoms. The second-order valence-corrected chi connectivity index (χ2v) is 9.05. The Hall–Kier alpha value is -1.67. The van der Waals surface area contributed by atoms with Crippen LogP contribution in [0.1, 0.15) is 24.2 Å². The third-order valence-corrected chi connectivity index (χ3v) is 6.62. The van der Waals surface area contributed by atoms with Crippen LogP contribution in [0.2, 0.25) is 0 Å². The van der Waals surface area contributed by atoms with E-state index in [2.05, 4.69) is 37.2 Å². The lowest BCUT2D eigenvalue weighted by Gasteiger charge is -2.34. The maximum absolute atomic E-state index is 12.8. The van der Waals surface area contributed by atoms with Crippen LogP contribution in [-0.4, -0.2) is 30.0 Å². The van der Waals surface area contributed by atoms with Crippen LogP contribution in [0, 0.1) is 17.3 Å². The van der Waals surface area contributed by atoms with Gasteiger partial charge in [-0.05, 0) is 34.1 Å². The summed E-state index contributed by atoms with van der Waals surface area (Å²) >= 11 is 6.71. The number of halogens is 2. The fourth-order valence-electron chi connectivity index (χ4n) is 4.26. The Morgan fingerprint density at radius 1 is 1.27 bits per heavy atom. The molecule has 1 saturated heterocycles. The van der Waals surface area contributed by atoms with E-state index in [-0.39, 0.29) is 11.8 Å². The van der Waals surface area contributed by atoms with Crippen molar-refractivity contribution in [2.45, 2.75) is 26.0 Å². The first-order chi connectivity index (χ1) is 12.2. The molecule has 1 aromatic carbocycles. The zero-order valence-electron chi connectivity index (χ0n) is 13.9. The largest absolute Gasteiger partial charge is 0.456 e. The highest BCUT2D eigenvalue weighted by molar-refractivity contribution is 9.11. The summed E-state index contributed by atoms with van der Waals surface area (Å²) in [5.41, 5.74) is 0.134. The van der Waals surface area contributed by atoms with Gasteiger partial charge in [0.25, 0.3) is 5.91 Å². The highest BCUT2D eigenvalue weighted by atomic mass is 79.9. The first-order valence-electron chi connectivity index (χ1n) is 8.09. The third kappa shape index (κ3) is 2.45. The maximum atomic E-state index is 12.8. The van der Waals surface area contributed by atoms with Crippen LogP contribution in [-0.2, 0) is 19.1 Å². The van der Waals surface area contributed by atoms with E-state index in [0.29, 0.717) is 15.6 Å². The molecular weight excluding hydrogens is 470 g/mol. The van der Waals surface area contributed by atoms with Gasteiger partial charge in [0.1, 0.15) is 12.4 Å². The third-order valence-electron chi connectivity index (χ3n) is 5.47. The van der Waals surface area contributed by atoms with Crippen molar-refractivity contribution >= 4 is 49.7 Å². The van der Waals surface area contributed by atoms with E-state index in [1.54, 1.807) is 18.2 Å². The van der Waals surface area contributed by atoms with Gasteiger partial charge in [0.05, 0.1) is 23.1 Å². The molecule has 0 aromatic heterocycles. The second kappa shape index (κ2) is 5.92. The van der Waals surface area contributed by atoms with Crippen LogP contribution >= 0.6 is 31.9 Å². The summed E-state index contributed by atoms with van der Waals surface area (Å²) in [7, 11) is 0. The van der Waals surface area contributed by atoms with Crippen LogP contribution < -0.4 is 5.32 Å². The van der Waals surface area contributed by atoms with Crippen LogP contribution in [0.25, 0.3) is 0 Å².